The quantitative estimate of drug-likeness (QED) is 0.683. The number of carbonyl (C=O) groups excluding carboxylic acids is 1. The zero-order valence-corrected chi connectivity index (χ0v) is 17.5. The Hall–Kier alpha value is -1.49. The molecule has 0 aliphatic carbocycles. The summed E-state index contributed by atoms with van der Waals surface area (Å²) in [5.74, 6) is -0.277. The van der Waals surface area contributed by atoms with Crippen LogP contribution in [0.15, 0.2) is 23.1 Å². The molecular formula is C17H27N3O5S2. The SMILES string of the molecule is CCNS(=O)(=O)c1ccc(C)c(C(=O)N2CCCCC2CNS(C)(=O)=O)c1. The number of piperidine rings is 1. The number of sulfonamides is 2. The molecule has 2 rings (SSSR count). The minimum Gasteiger partial charge on any atom is -0.334 e. The van der Waals surface area contributed by atoms with E-state index in [0.29, 0.717) is 24.1 Å². The van der Waals surface area contributed by atoms with Crippen LogP contribution in [-0.4, -0.2) is 59.6 Å². The van der Waals surface area contributed by atoms with E-state index in [0.717, 1.165) is 19.1 Å². The van der Waals surface area contributed by atoms with Crippen LogP contribution in [0.2, 0.25) is 0 Å². The second-order valence-electron chi connectivity index (χ2n) is 6.75. The normalized spacial score (nSPS) is 18.5. The van der Waals surface area contributed by atoms with Crippen LogP contribution in [0.25, 0.3) is 0 Å². The van der Waals surface area contributed by atoms with E-state index in [1.807, 2.05) is 0 Å². The standard InChI is InChI=1S/C17H27N3O5S2/c1-4-18-27(24,25)15-9-8-13(2)16(11-15)17(21)20-10-6-5-7-14(20)12-19-26(3,22)23/h8-9,11,14,18-19H,4-7,10,12H2,1-3H3. The van der Waals surface area contributed by atoms with Gasteiger partial charge in [0.05, 0.1) is 11.2 Å². The second-order valence-corrected chi connectivity index (χ2v) is 10.3. The van der Waals surface area contributed by atoms with E-state index >= 15 is 0 Å². The molecule has 1 aliphatic rings. The lowest BCUT2D eigenvalue weighted by molar-refractivity contribution is 0.0617. The van der Waals surface area contributed by atoms with Crippen LogP contribution in [0.4, 0.5) is 0 Å². The van der Waals surface area contributed by atoms with Crippen molar-refractivity contribution in [2.24, 2.45) is 0 Å². The Kier molecular flexibility index (Phi) is 7.01. The molecule has 0 aromatic heterocycles. The Morgan fingerprint density at radius 3 is 2.52 bits per heavy atom. The zero-order valence-electron chi connectivity index (χ0n) is 15.9. The predicted octanol–water partition coefficient (Wildman–Crippen LogP) is 0.837. The van der Waals surface area contributed by atoms with Crippen molar-refractivity contribution in [2.75, 3.05) is 25.9 Å². The molecular weight excluding hydrogens is 390 g/mol. The molecule has 2 N–H and O–H groups in total. The maximum Gasteiger partial charge on any atom is 0.254 e. The lowest BCUT2D eigenvalue weighted by Gasteiger charge is -2.36. The Morgan fingerprint density at radius 1 is 1.19 bits per heavy atom. The molecule has 152 valence electrons. The molecule has 1 aromatic carbocycles. The van der Waals surface area contributed by atoms with Gasteiger partial charge in [0.1, 0.15) is 0 Å². The number of hydrogen-bond donors (Lipinski definition) is 2. The van der Waals surface area contributed by atoms with Crippen LogP contribution in [0, 0.1) is 6.92 Å². The monoisotopic (exact) mass is 417 g/mol. The number of likely N-dealkylation sites (tertiary alicyclic amines) is 1. The summed E-state index contributed by atoms with van der Waals surface area (Å²) in [6.45, 7) is 4.36. The van der Waals surface area contributed by atoms with Gasteiger partial charge in [-0.1, -0.05) is 13.0 Å². The van der Waals surface area contributed by atoms with E-state index in [2.05, 4.69) is 9.44 Å². The molecule has 1 fully saturated rings. The van der Waals surface area contributed by atoms with E-state index in [1.54, 1.807) is 24.8 Å². The number of aryl methyl sites for hydroxylation is 1. The third kappa shape index (κ3) is 5.74. The van der Waals surface area contributed by atoms with Crippen LogP contribution in [0.5, 0.6) is 0 Å². The first kappa shape index (κ1) is 21.8. The average Bonchev–Trinajstić information content (AvgIpc) is 2.59. The van der Waals surface area contributed by atoms with E-state index in [4.69, 9.17) is 0 Å². The van der Waals surface area contributed by atoms with Crippen LogP contribution in [0.3, 0.4) is 0 Å². The lowest BCUT2D eigenvalue weighted by Crippen LogP contribution is -2.49. The van der Waals surface area contributed by atoms with E-state index in [9.17, 15) is 21.6 Å². The number of benzene rings is 1. The number of hydrogen-bond acceptors (Lipinski definition) is 5. The molecule has 27 heavy (non-hydrogen) atoms. The Balaban J connectivity index is 2.31. The van der Waals surface area contributed by atoms with E-state index < -0.39 is 20.0 Å². The average molecular weight is 418 g/mol. The highest BCUT2D eigenvalue weighted by atomic mass is 32.2. The van der Waals surface area contributed by atoms with Gasteiger partial charge in [-0.3, -0.25) is 4.79 Å². The molecule has 1 aliphatic heterocycles. The van der Waals surface area contributed by atoms with Gasteiger partial charge in [-0.15, -0.1) is 0 Å². The van der Waals surface area contributed by atoms with Gasteiger partial charge < -0.3 is 4.90 Å². The van der Waals surface area contributed by atoms with Gasteiger partial charge in [0.25, 0.3) is 5.91 Å². The fourth-order valence-electron chi connectivity index (χ4n) is 3.15. The van der Waals surface area contributed by atoms with Crippen LogP contribution < -0.4 is 9.44 Å². The van der Waals surface area contributed by atoms with Gasteiger partial charge in [-0.05, 0) is 43.9 Å². The van der Waals surface area contributed by atoms with Crippen molar-refractivity contribution in [1.82, 2.24) is 14.3 Å². The summed E-state index contributed by atoms with van der Waals surface area (Å²) in [6.07, 6.45) is 3.52. The van der Waals surface area contributed by atoms with Crippen LogP contribution in [0.1, 0.15) is 42.1 Å². The van der Waals surface area contributed by atoms with Crippen molar-refractivity contribution in [3.05, 3.63) is 29.3 Å². The van der Waals surface area contributed by atoms with Crippen LogP contribution >= 0.6 is 0 Å². The van der Waals surface area contributed by atoms with Gasteiger partial charge in [-0.2, -0.15) is 0 Å². The van der Waals surface area contributed by atoms with Crippen molar-refractivity contribution in [1.29, 1.82) is 0 Å². The maximum absolute atomic E-state index is 13.1. The van der Waals surface area contributed by atoms with Crippen LogP contribution in [-0.2, 0) is 20.0 Å². The van der Waals surface area contributed by atoms with E-state index in [-0.39, 0.29) is 29.9 Å². The molecule has 10 heteroatoms. The molecule has 0 bridgehead atoms. The molecule has 8 nitrogen and oxygen atoms in total. The summed E-state index contributed by atoms with van der Waals surface area (Å²) in [7, 11) is -7.02. The molecule has 1 heterocycles. The minimum atomic E-state index is -3.67. The number of carbonyl (C=O) groups is 1. The molecule has 1 aromatic rings. The molecule has 0 saturated carbocycles. The summed E-state index contributed by atoms with van der Waals surface area (Å²) in [5.41, 5.74) is 0.996. The summed E-state index contributed by atoms with van der Waals surface area (Å²) < 4.78 is 52.2. The zero-order chi connectivity index (χ0) is 20.2. The first-order chi connectivity index (χ1) is 12.5. The van der Waals surface area contributed by atoms with Crippen molar-refractivity contribution in [3.63, 3.8) is 0 Å². The molecule has 0 radical (unpaired) electrons. The largest absolute Gasteiger partial charge is 0.334 e. The van der Waals surface area contributed by atoms with Crippen molar-refractivity contribution in [3.8, 4) is 0 Å². The summed E-state index contributed by atoms with van der Waals surface area (Å²) >= 11 is 0. The van der Waals surface area contributed by atoms with E-state index in [1.165, 1.54) is 12.1 Å². The highest BCUT2D eigenvalue weighted by molar-refractivity contribution is 7.89. The Morgan fingerprint density at radius 2 is 1.89 bits per heavy atom. The molecule has 1 amide bonds. The predicted molar refractivity (Wildman–Crippen MR) is 104 cm³/mol. The highest BCUT2D eigenvalue weighted by Crippen LogP contribution is 2.23. The van der Waals surface area contributed by atoms with Gasteiger partial charge in [-0.25, -0.2) is 26.3 Å². The fraction of sp³-hybridized carbons (Fsp3) is 0.588. The van der Waals surface area contributed by atoms with Gasteiger partial charge in [0, 0.05) is 31.2 Å². The summed E-state index contributed by atoms with van der Waals surface area (Å²) in [5, 5.41) is 0. The third-order valence-corrected chi connectivity index (χ3v) is 6.79. The molecule has 1 unspecified atom stereocenters. The molecule has 0 spiro atoms. The Labute approximate surface area is 161 Å². The Bertz CT molecular complexity index is 897. The van der Waals surface area contributed by atoms with Crippen molar-refractivity contribution < 1.29 is 21.6 Å². The number of amides is 1. The maximum atomic E-state index is 13.1. The number of nitrogens with one attached hydrogen (secondary N) is 2. The number of nitrogens with zero attached hydrogens (tertiary/aromatic N) is 1. The smallest absolute Gasteiger partial charge is 0.254 e. The highest BCUT2D eigenvalue weighted by Gasteiger charge is 2.29. The fourth-order valence-corrected chi connectivity index (χ4v) is 4.72. The lowest BCUT2D eigenvalue weighted by atomic mass is 9.99. The molecule has 1 saturated heterocycles. The summed E-state index contributed by atoms with van der Waals surface area (Å²) in [6, 6.07) is 4.23. The first-order valence-corrected chi connectivity index (χ1v) is 12.3. The number of rotatable bonds is 7. The van der Waals surface area contributed by atoms with Gasteiger partial charge in [0.2, 0.25) is 20.0 Å². The van der Waals surface area contributed by atoms with Crippen molar-refractivity contribution in [2.45, 2.75) is 44.0 Å². The second kappa shape index (κ2) is 8.68. The van der Waals surface area contributed by atoms with Crippen molar-refractivity contribution >= 4 is 26.0 Å². The minimum absolute atomic E-state index is 0.0427. The summed E-state index contributed by atoms with van der Waals surface area (Å²) in [4.78, 5) is 14.8. The topological polar surface area (TPSA) is 113 Å². The molecule has 1 atom stereocenters. The first-order valence-electron chi connectivity index (χ1n) is 8.91. The van der Waals surface area contributed by atoms with Gasteiger partial charge in [0.15, 0.2) is 0 Å². The van der Waals surface area contributed by atoms with Gasteiger partial charge >= 0.3 is 0 Å². The third-order valence-electron chi connectivity index (χ3n) is 4.55.